The van der Waals surface area contributed by atoms with E-state index in [2.05, 4.69) is 24.4 Å². The summed E-state index contributed by atoms with van der Waals surface area (Å²) in [6, 6.07) is 15.1. The molecule has 0 aliphatic rings. The minimum absolute atomic E-state index is 0.169. The van der Waals surface area contributed by atoms with Crippen LogP contribution in [0.2, 0.25) is 0 Å². The topological polar surface area (TPSA) is 38.3 Å². The van der Waals surface area contributed by atoms with Crippen LogP contribution in [-0.4, -0.2) is 19.6 Å². The maximum absolute atomic E-state index is 14.2. The van der Waals surface area contributed by atoms with Gasteiger partial charge in [-0.2, -0.15) is 0 Å². The molecule has 136 valence electrons. The Kier molecular flexibility index (Phi) is 6.01. The average molecular weight is 371 g/mol. The van der Waals surface area contributed by atoms with Crippen molar-refractivity contribution in [3.05, 3.63) is 70.4 Å². The standard InChI is InChI=1S/C21H22FNO2S/c1-14(15-7-4-3-5-8-15)11-12-23-21(24)20-16(13-25-2)19-17(22)9-6-10-18(19)26-20/h3-10,14H,11-13H2,1-2H3,(H,23,24). The third-order valence-electron chi connectivity index (χ3n) is 4.49. The molecule has 0 spiro atoms. The lowest BCUT2D eigenvalue weighted by Gasteiger charge is -2.12. The molecular weight excluding hydrogens is 349 g/mol. The van der Waals surface area contributed by atoms with Crippen LogP contribution in [0.4, 0.5) is 4.39 Å². The highest BCUT2D eigenvalue weighted by Crippen LogP contribution is 2.33. The number of fused-ring (bicyclic) bond motifs is 1. The first-order valence-corrected chi connectivity index (χ1v) is 9.45. The van der Waals surface area contributed by atoms with Gasteiger partial charge in [0.15, 0.2) is 0 Å². The number of thiophene rings is 1. The first-order chi connectivity index (χ1) is 12.6. The van der Waals surface area contributed by atoms with E-state index in [0.29, 0.717) is 28.3 Å². The Morgan fingerprint density at radius 2 is 1.96 bits per heavy atom. The molecule has 0 aliphatic heterocycles. The Hall–Kier alpha value is -2.24. The van der Waals surface area contributed by atoms with Crippen molar-refractivity contribution in [2.24, 2.45) is 0 Å². The summed E-state index contributed by atoms with van der Waals surface area (Å²) < 4.78 is 20.2. The van der Waals surface area contributed by atoms with Crippen LogP contribution in [0.1, 0.15) is 40.1 Å². The van der Waals surface area contributed by atoms with Crippen LogP contribution in [0.3, 0.4) is 0 Å². The Labute approximate surface area is 156 Å². The maximum Gasteiger partial charge on any atom is 0.261 e. The first kappa shape index (κ1) is 18.5. The van der Waals surface area contributed by atoms with Crippen LogP contribution in [-0.2, 0) is 11.3 Å². The Balaban J connectivity index is 1.72. The van der Waals surface area contributed by atoms with Crippen molar-refractivity contribution < 1.29 is 13.9 Å². The van der Waals surface area contributed by atoms with E-state index >= 15 is 0 Å². The molecule has 0 radical (unpaired) electrons. The lowest BCUT2D eigenvalue weighted by atomic mass is 9.98. The van der Waals surface area contributed by atoms with E-state index in [4.69, 9.17) is 4.74 Å². The molecule has 26 heavy (non-hydrogen) atoms. The second-order valence-corrected chi connectivity index (χ2v) is 7.36. The highest BCUT2D eigenvalue weighted by Gasteiger charge is 2.20. The maximum atomic E-state index is 14.2. The van der Waals surface area contributed by atoms with Gasteiger partial charge in [-0.05, 0) is 30.0 Å². The molecule has 1 unspecified atom stereocenters. The van der Waals surface area contributed by atoms with Gasteiger partial charge in [-0.15, -0.1) is 11.3 Å². The van der Waals surface area contributed by atoms with Crippen molar-refractivity contribution in [2.45, 2.75) is 25.9 Å². The number of amides is 1. The van der Waals surface area contributed by atoms with Gasteiger partial charge in [0.2, 0.25) is 0 Å². The van der Waals surface area contributed by atoms with Gasteiger partial charge in [0.1, 0.15) is 5.82 Å². The molecule has 3 aromatic rings. The molecule has 1 aromatic heterocycles. The summed E-state index contributed by atoms with van der Waals surface area (Å²) in [5, 5.41) is 3.46. The predicted octanol–water partition coefficient (Wildman–Crippen LogP) is 5.11. The molecule has 1 N–H and O–H groups in total. The van der Waals surface area contributed by atoms with E-state index in [1.54, 1.807) is 13.2 Å². The zero-order valence-electron chi connectivity index (χ0n) is 14.9. The van der Waals surface area contributed by atoms with Crippen LogP contribution in [0.15, 0.2) is 48.5 Å². The number of hydrogen-bond donors (Lipinski definition) is 1. The number of benzene rings is 2. The number of carbonyl (C=O) groups is 1. The molecule has 0 bridgehead atoms. The summed E-state index contributed by atoms with van der Waals surface area (Å²) in [5.41, 5.74) is 1.88. The summed E-state index contributed by atoms with van der Waals surface area (Å²) in [5.74, 6) is -0.129. The number of rotatable bonds is 7. The molecule has 2 aromatic carbocycles. The lowest BCUT2D eigenvalue weighted by Crippen LogP contribution is -2.25. The molecule has 1 amide bonds. The fourth-order valence-corrected chi connectivity index (χ4v) is 4.20. The second kappa shape index (κ2) is 8.43. The highest BCUT2D eigenvalue weighted by molar-refractivity contribution is 7.21. The molecule has 0 aliphatic carbocycles. The smallest absolute Gasteiger partial charge is 0.261 e. The van der Waals surface area contributed by atoms with E-state index in [9.17, 15) is 9.18 Å². The average Bonchev–Trinajstić information content (AvgIpc) is 3.02. The van der Waals surface area contributed by atoms with E-state index in [-0.39, 0.29) is 18.3 Å². The van der Waals surface area contributed by atoms with Crippen molar-refractivity contribution in [2.75, 3.05) is 13.7 Å². The normalized spacial score (nSPS) is 12.3. The molecule has 0 fully saturated rings. The van der Waals surface area contributed by atoms with Crippen molar-refractivity contribution in [3.8, 4) is 0 Å². The fourth-order valence-electron chi connectivity index (χ4n) is 3.06. The predicted molar refractivity (Wildman–Crippen MR) is 104 cm³/mol. The molecular formula is C21H22FNO2S. The minimum Gasteiger partial charge on any atom is -0.380 e. The number of methoxy groups -OCH3 is 1. The van der Waals surface area contributed by atoms with E-state index in [1.165, 1.54) is 23.0 Å². The third kappa shape index (κ3) is 3.94. The monoisotopic (exact) mass is 371 g/mol. The Bertz CT molecular complexity index is 892. The molecule has 0 saturated carbocycles. The van der Waals surface area contributed by atoms with Crippen LogP contribution >= 0.6 is 11.3 Å². The van der Waals surface area contributed by atoms with Gasteiger partial charge in [-0.25, -0.2) is 4.39 Å². The minimum atomic E-state index is -0.317. The summed E-state index contributed by atoms with van der Waals surface area (Å²) in [7, 11) is 1.55. The molecule has 3 nitrogen and oxygen atoms in total. The molecule has 3 rings (SSSR count). The van der Waals surface area contributed by atoms with E-state index in [0.717, 1.165) is 11.1 Å². The highest BCUT2D eigenvalue weighted by atomic mass is 32.1. The van der Waals surface area contributed by atoms with Gasteiger partial charge in [-0.1, -0.05) is 43.3 Å². The van der Waals surface area contributed by atoms with Crippen molar-refractivity contribution >= 4 is 27.3 Å². The van der Waals surface area contributed by atoms with E-state index < -0.39 is 0 Å². The van der Waals surface area contributed by atoms with Gasteiger partial charge >= 0.3 is 0 Å². The van der Waals surface area contributed by atoms with Crippen LogP contribution in [0.25, 0.3) is 10.1 Å². The van der Waals surface area contributed by atoms with Crippen LogP contribution in [0, 0.1) is 5.82 Å². The Morgan fingerprint density at radius 3 is 2.69 bits per heavy atom. The summed E-state index contributed by atoms with van der Waals surface area (Å²) in [4.78, 5) is 13.2. The van der Waals surface area contributed by atoms with E-state index in [1.807, 2.05) is 24.3 Å². The molecule has 1 heterocycles. The van der Waals surface area contributed by atoms with Gasteiger partial charge in [0.25, 0.3) is 5.91 Å². The zero-order chi connectivity index (χ0) is 18.5. The molecule has 0 saturated heterocycles. The lowest BCUT2D eigenvalue weighted by molar-refractivity contribution is 0.0952. The quantitative estimate of drug-likeness (QED) is 0.627. The van der Waals surface area contributed by atoms with Crippen LogP contribution < -0.4 is 5.32 Å². The number of ether oxygens (including phenoxy) is 1. The number of nitrogens with one attached hydrogen (secondary N) is 1. The summed E-state index contributed by atoms with van der Waals surface area (Å²) in [6.07, 6.45) is 0.842. The third-order valence-corrected chi connectivity index (χ3v) is 5.69. The van der Waals surface area contributed by atoms with Crippen molar-refractivity contribution in [3.63, 3.8) is 0 Å². The van der Waals surface area contributed by atoms with Gasteiger partial charge < -0.3 is 10.1 Å². The Morgan fingerprint density at radius 1 is 1.19 bits per heavy atom. The molecule has 5 heteroatoms. The first-order valence-electron chi connectivity index (χ1n) is 8.63. The zero-order valence-corrected chi connectivity index (χ0v) is 15.7. The largest absolute Gasteiger partial charge is 0.380 e. The number of carbonyl (C=O) groups excluding carboxylic acids is 1. The van der Waals surface area contributed by atoms with Gasteiger partial charge in [0, 0.05) is 29.3 Å². The summed E-state index contributed by atoms with van der Waals surface area (Å²) >= 11 is 1.31. The summed E-state index contributed by atoms with van der Waals surface area (Å²) in [6.45, 7) is 2.93. The van der Waals surface area contributed by atoms with Crippen molar-refractivity contribution in [1.29, 1.82) is 0 Å². The number of halogens is 1. The fraction of sp³-hybridized carbons (Fsp3) is 0.286. The van der Waals surface area contributed by atoms with Gasteiger partial charge in [0.05, 0.1) is 11.5 Å². The number of hydrogen-bond acceptors (Lipinski definition) is 3. The van der Waals surface area contributed by atoms with Crippen LogP contribution in [0.5, 0.6) is 0 Å². The molecule has 1 atom stereocenters. The second-order valence-electron chi connectivity index (χ2n) is 6.31. The SMILES string of the molecule is COCc1c(C(=O)NCCC(C)c2ccccc2)sc2cccc(F)c12. The van der Waals surface area contributed by atoms with Gasteiger partial charge in [-0.3, -0.25) is 4.79 Å². The van der Waals surface area contributed by atoms with Crippen molar-refractivity contribution in [1.82, 2.24) is 5.32 Å².